The van der Waals surface area contributed by atoms with Gasteiger partial charge in [0.1, 0.15) is 0 Å². The van der Waals surface area contributed by atoms with Crippen molar-refractivity contribution in [1.29, 1.82) is 0 Å². The summed E-state index contributed by atoms with van der Waals surface area (Å²) in [7, 11) is 0. The second-order valence-corrected chi connectivity index (χ2v) is 4.59. The first-order valence-corrected chi connectivity index (χ1v) is 6.44. The first kappa shape index (κ1) is 12.3. The lowest BCUT2D eigenvalue weighted by atomic mass is 10.1. The first-order valence-electron chi connectivity index (χ1n) is 6.44. The molecule has 0 fully saturated rings. The van der Waals surface area contributed by atoms with Gasteiger partial charge in [0.25, 0.3) is 0 Å². The van der Waals surface area contributed by atoms with Crippen LogP contribution in [-0.4, -0.2) is 10.4 Å². The summed E-state index contributed by atoms with van der Waals surface area (Å²) in [4.78, 5) is 11.7. The lowest BCUT2D eigenvalue weighted by Crippen LogP contribution is -1.89. The number of hydrogen-bond donors (Lipinski definition) is 0. The molecular weight excluding hydrogens is 246 g/mol. The van der Waals surface area contributed by atoms with E-state index in [9.17, 15) is 4.79 Å². The van der Waals surface area contributed by atoms with Gasteiger partial charge in [-0.15, -0.1) is 0 Å². The van der Waals surface area contributed by atoms with Gasteiger partial charge in [0, 0.05) is 28.8 Å². The third kappa shape index (κ3) is 2.22. The maximum Gasteiger partial charge on any atom is 0.161 e. The summed E-state index contributed by atoms with van der Waals surface area (Å²) < 4.78 is 1.82. The van der Waals surface area contributed by atoms with Gasteiger partial charge in [0.05, 0.1) is 5.52 Å². The largest absolute Gasteiger partial charge is 0.294 e. The minimum atomic E-state index is 0.0569. The van der Waals surface area contributed by atoms with E-state index < -0.39 is 0 Å². The molecule has 3 rings (SSSR count). The van der Waals surface area contributed by atoms with Crippen LogP contribution in [0.25, 0.3) is 10.9 Å². The highest BCUT2D eigenvalue weighted by molar-refractivity contribution is 6.07. The number of rotatable bonds is 1. The zero-order valence-electron chi connectivity index (χ0n) is 11.1. The predicted molar refractivity (Wildman–Crippen MR) is 80.7 cm³/mol. The molecule has 0 aliphatic rings. The van der Waals surface area contributed by atoms with Crippen molar-refractivity contribution in [2.45, 2.75) is 6.92 Å². The Labute approximate surface area is 117 Å². The molecule has 0 bridgehead atoms. The van der Waals surface area contributed by atoms with Crippen LogP contribution < -0.4 is 0 Å². The van der Waals surface area contributed by atoms with E-state index in [0.717, 1.165) is 16.5 Å². The summed E-state index contributed by atoms with van der Waals surface area (Å²) in [6, 6.07) is 20.7. The van der Waals surface area contributed by atoms with Crippen molar-refractivity contribution in [3.63, 3.8) is 0 Å². The summed E-state index contributed by atoms with van der Waals surface area (Å²) in [5.41, 5.74) is 2.62. The van der Waals surface area contributed by atoms with Crippen LogP contribution in [0.3, 0.4) is 0 Å². The zero-order chi connectivity index (χ0) is 13.9. The topological polar surface area (TPSA) is 22.0 Å². The van der Waals surface area contributed by atoms with Crippen molar-refractivity contribution in [3.8, 4) is 12.0 Å². The summed E-state index contributed by atoms with van der Waals surface area (Å²) in [5.74, 6) is 3.16. The van der Waals surface area contributed by atoms with Crippen molar-refractivity contribution in [3.05, 3.63) is 71.9 Å². The molecular formula is C18H13NO. The smallest absolute Gasteiger partial charge is 0.161 e. The van der Waals surface area contributed by atoms with Gasteiger partial charge in [-0.05, 0) is 31.0 Å². The highest BCUT2D eigenvalue weighted by Gasteiger charge is 2.09. The molecule has 0 aliphatic carbocycles. The van der Waals surface area contributed by atoms with Gasteiger partial charge >= 0.3 is 0 Å². The van der Waals surface area contributed by atoms with Crippen molar-refractivity contribution in [1.82, 2.24) is 4.57 Å². The number of carbonyl (C=O) groups is 1. The molecule has 0 atom stereocenters. The van der Waals surface area contributed by atoms with E-state index in [-0.39, 0.29) is 5.78 Å². The Morgan fingerprint density at radius 1 is 1.00 bits per heavy atom. The first-order chi connectivity index (χ1) is 9.75. The molecule has 0 saturated heterocycles. The van der Waals surface area contributed by atoms with E-state index in [1.807, 2.05) is 65.4 Å². The molecule has 3 aromatic rings. The average Bonchev–Trinajstić information content (AvgIpc) is 2.85. The van der Waals surface area contributed by atoms with Crippen LogP contribution in [0.15, 0.2) is 60.8 Å². The Hall–Kier alpha value is -2.79. The van der Waals surface area contributed by atoms with Crippen LogP contribution in [-0.2, 0) is 0 Å². The van der Waals surface area contributed by atoms with E-state index in [2.05, 4.69) is 12.0 Å². The molecule has 0 saturated carbocycles. The second-order valence-electron chi connectivity index (χ2n) is 4.59. The number of ketones is 1. The monoisotopic (exact) mass is 259 g/mol. The highest BCUT2D eigenvalue weighted by Crippen LogP contribution is 2.20. The molecule has 0 N–H and O–H groups in total. The van der Waals surface area contributed by atoms with Crippen LogP contribution >= 0.6 is 0 Å². The minimum Gasteiger partial charge on any atom is -0.294 e. The normalized spacial score (nSPS) is 10.1. The lowest BCUT2D eigenvalue weighted by molar-refractivity contribution is 0.101. The van der Waals surface area contributed by atoms with Crippen molar-refractivity contribution in [2.75, 3.05) is 0 Å². The van der Waals surface area contributed by atoms with E-state index >= 15 is 0 Å². The maximum atomic E-state index is 11.7. The van der Waals surface area contributed by atoms with E-state index in [0.29, 0.717) is 5.56 Å². The Balaban J connectivity index is 2.14. The van der Waals surface area contributed by atoms with Crippen LogP contribution in [0.4, 0.5) is 0 Å². The Bertz CT molecular complexity index is 832. The van der Waals surface area contributed by atoms with Gasteiger partial charge in [0.15, 0.2) is 5.78 Å². The van der Waals surface area contributed by atoms with E-state index in [1.165, 1.54) is 0 Å². The molecule has 1 heterocycles. The Morgan fingerprint density at radius 2 is 1.70 bits per heavy atom. The van der Waals surface area contributed by atoms with Gasteiger partial charge in [0.2, 0.25) is 0 Å². The fraction of sp³-hybridized carbons (Fsp3) is 0.0556. The van der Waals surface area contributed by atoms with Crippen LogP contribution in [0, 0.1) is 12.0 Å². The number of aromatic nitrogens is 1. The number of para-hydroxylation sites is 1. The number of carbonyl (C=O) groups excluding carboxylic acids is 1. The number of Topliss-reactive ketones (excluding diaryl/α,β-unsaturated/α-hetero) is 1. The summed E-state index contributed by atoms with van der Waals surface area (Å²) >= 11 is 0. The molecule has 2 aromatic carbocycles. The van der Waals surface area contributed by atoms with E-state index in [4.69, 9.17) is 0 Å². The van der Waals surface area contributed by atoms with E-state index in [1.54, 1.807) is 6.92 Å². The highest BCUT2D eigenvalue weighted by atomic mass is 16.1. The van der Waals surface area contributed by atoms with Crippen LogP contribution in [0.5, 0.6) is 0 Å². The fourth-order valence-electron chi connectivity index (χ4n) is 2.20. The molecule has 0 spiro atoms. The molecule has 0 radical (unpaired) electrons. The summed E-state index contributed by atoms with van der Waals surface area (Å²) in [5, 5.41) is 0.947. The van der Waals surface area contributed by atoms with Gasteiger partial charge in [-0.3, -0.25) is 9.36 Å². The average molecular weight is 259 g/mol. The van der Waals surface area contributed by atoms with Crippen LogP contribution in [0.2, 0.25) is 0 Å². The molecule has 20 heavy (non-hydrogen) atoms. The molecule has 0 aliphatic heterocycles. The molecule has 0 unspecified atom stereocenters. The number of benzene rings is 2. The summed E-state index contributed by atoms with van der Waals surface area (Å²) in [6.45, 7) is 1.58. The maximum absolute atomic E-state index is 11.7. The van der Waals surface area contributed by atoms with Gasteiger partial charge < -0.3 is 0 Å². The minimum absolute atomic E-state index is 0.0569. The molecule has 96 valence electrons. The van der Waals surface area contributed by atoms with Gasteiger partial charge in [-0.25, -0.2) is 0 Å². The second kappa shape index (κ2) is 5.07. The predicted octanol–water partition coefficient (Wildman–Crippen LogP) is 3.70. The Kier molecular flexibility index (Phi) is 3.10. The third-order valence-corrected chi connectivity index (χ3v) is 3.19. The molecule has 0 amide bonds. The summed E-state index contributed by atoms with van der Waals surface area (Å²) in [6.07, 6.45) is 1.81. The standard InChI is InChI=1S/C18H13NO/c1-14(20)17-13-19(18-10-6-5-9-16(17)18)12-11-15-7-3-2-4-8-15/h2-10,13H,1H3. The lowest BCUT2D eigenvalue weighted by Gasteiger charge is -1.93. The SMILES string of the molecule is CC(=O)c1cn(C#Cc2ccccc2)c2ccccc12. The van der Waals surface area contributed by atoms with Crippen LogP contribution in [0.1, 0.15) is 22.8 Å². The molecule has 1 aromatic heterocycles. The number of fused-ring (bicyclic) bond motifs is 1. The quantitative estimate of drug-likeness (QED) is 0.482. The third-order valence-electron chi connectivity index (χ3n) is 3.19. The number of nitrogens with zero attached hydrogens (tertiary/aromatic N) is 1. The van der Waals surface area contributed by atoms with Gasteiger partial charge in [-0.1, -0.05) is 36.4 Å². The molecule has 2 nitrogen and oxygen atoms in total. The fourth-order valence-corrected chi connectivity index (χ4v) is 2.20. The number of hydrogen-bond acceptors (Lipinski definition) is 1. The van der Waals surface area contributed by atoms with Crippen molar-refractivity contribution >= 4 is 16.7 Å². The Morgan fingerprint density at radius 3 is 2.45 bits per heavy atom. The zero-order valence-corrected chi connectivity index (χ0v) is 11.1. The molecule has 2 heteroatoms. The van der Waals surface area contributed by atoms with Crippen molar-refractivity contribution < 1.29 is 4.79 Å². The van der Waals surface area contributed by atoms with Gasteiger partial charge in [-0.2, -0.15) is 0 Å². The van der Waals surface area contributed by atoms with Crippen molar-refractivity contribution in [2.24, 2.45) is 0 Å².